The quantitative estimate of drug-likeness (QED) is 0.593. The van der Waals surface area contributed by atoms with Crippen molar-refractivity contribution < 1.29 is 4.79 Å². The van der Waals surface area contributed by atoms with E-state index < -0.39 is 0 Å². The van der Waals surface area contributed by atoms with Gasteiger partial charge in [0.15, 0.2) is 5.13 Å². The van der Waals surface area contributed by atoms with Gasteiger partial charge in [0.25, 0.3) is 0 Å². The molecule has 0 unspecified atom stereocenters. The van der Waals surface area contributed by atoms with Gasteiger partial charge in [-0.25, -0.2) is 4.98 Å². The predicted molar refractivity (Wildman–Crippen MR) is 100 cm³/mol. The van der Waals surface area contributed by atoms with Gasteiger partial charge >= 0.3 is 0 Å². The van der Waals surface area contributed by atoms with Crippen LogP contribution in [-0.2, 0) is 4.79 Å². The largest absolute Gasteiger partial charge is 0.301 e. The number of rotatable bonds is 4. The molecule has 1 amide bonds. The molecule has 1 aromatic heterocycles. The fraction of sp³-hybridized carbons (Fsp3) is 0.125. The molecule has 0 spiro atoms. The molecule has 23 heavy (non-hydrogen) atoms. The zero-order chi connectivity index (χ0) is 16.4. The van der Waals surface area contributed by atoms with Crippen LogP contribution in [0.15, 0.2) is 41.3 Å². The number of thioether (sulfide) groups is 1. The highest BCUT2D eigenvalue weighted by atomic mass is 35.5. The Kier molecular flexibility index (Phi) is 5.11. The van der Waals surface area contributed by atoms with Crippen LogP contribution < -0.4 is 5.32 Å². The van der Waals surface area contributed by atoms with Crippen molar-refractivity contribution >= 4 is 67.6 Å². The highest BCUT2D eigenvalue weighted by molar-refractivity contribution is 8.00. The molecular formula is C16H12Cl2N2OS2. The Morgan fingerprint density at radius 3 is 2.65 bits per heavy atom. The van der Waals surface area contributed by atoms with Crippen LogP contribution >= 0.6 is 46.3 Å². The molecule has 1 heterocycles. The van der Waals surface area contributed by atoms with Crippen LogP contribution in [0.5, 0.6) is 0 Å². The third-order valence-corrected chi connectivity index (χ3v) is 5.82. The van der Waals surface area contributed by atoms with Gasteiger partial charge in [-0.2, -0.15) is 0 Å². The summed E-state index contributed by atoms with van der Waals surface area (Å²) in [7, 11) is 0. The maximum Gasteiger partial charge on any atom is 0.236 e. The van der Waals surface area contributed by atoms with E-state index in [1.54, 1.807) is 12.1 Å². The van der Waals surface area contributed by atoms with Crippen molar-refractivity contribution in [3.8, 4) is 0 Å². The van der Waals surface area contributed by atoms with E-state index >= 15 is 0 Å². The van der Waals surface area contributed by atoms with Gasteiger partial charge in [-0.05, 0) is 42.8 Å². The zero-order valence-corrected chi connectivity index (χ0v) is 15.2. The van der Waals surface area contributed by atoms with Gasteiger partial charge < -0.3 is 5.32 Å². The van der Waals surface area contributed by atoms with Gasteiger partial charge in [0.05, 0.1) is 21.0 Å². The summed E-state index contributed by atoms with van der Waals surface area (Å²) in [6.07, 6.45) is 0. The number of amides is 1. The van der Waals surface area contributed by atoms with E-state index in [4.69, 9.17) is 23.2 Å². The number of aromatic nitrogens is 1. The van der Waals surface area contributed by atoms with Crippen molar-refractivity contribution in [1.29, 1.82) is 0 Å². The zero-order valence-electron chi connectivity index (χ0n) is 12.1. The van der Waals surface area contributed by atoms with Crippen molar-refractivity contribution in [1.82, 2.24) is 4.98 Å². The molecule has 3 rings (SSSR count). The molecule has 0 aliphatic heterocycles. The number of hydrogen-bond donors (Lipinski definition) is 1. The van der Waals surface area contributed by atoms with Crippen LogP contribution in [0.25, 0.3) is 10.2 Å². The smallest absolute Gasteiger partial charge is 0.236 e. The summed E-state index contributed by atoms with van der Waals surface area (Å²) in [5.74, 6) is 0.211. The van der Waals surface area contributed by atoms with Crippen molar-refractivity contribution in [3.63, 3.8) is 0 Å². The van der Waals surface area contributed by atoms with E-state index in [-0.39, 0.29) is 5.91 Å². The highest BCUT2D eigenvalue weighted by Crippen LogP contribution is 2.34. The van der Waals surface area contributed by atoms with Gasteiger partial charge in [0, 0.05) is 9.92 Å². The number of carbonyl (C=O) groups is 1. The molecule has 0 saturated heterocycles. The van der Waals surface area contributed by atoms with Crippen molar-refractivity contribution in [2.45, 2.75) is 11.8 Å². The highest BCUT2D eigenvalue weighted by Gasteiger charge is 2.12. The molecule has 0 atom stereocenters. The Labute approximate surface area is 152 Å². The number of nitrogens with zero attached hydrogens (tertiary/aromatic N) is 1. The molecular weight excluding hydrogens is 371 g/mol. The van der Waals surface area contributed by atoms with Crippen LogP contribution in [0.4, 0.5) is 5.13 Å². The first-order chi connectivity index (χ1) is 11.0. The Hall–Kier alpha value is -1.27. The summed E-state index contributed by atoms with van der Waals surface area (Å²) in [5, 5.41) is 4.73. The standard InChI is InChI=1S/C16H12Cl2N2OS2/c1-9-2-7-12(18)15-14(9)20-16(23-15)19-13(21)8-22-11-5-3-10(17)4-6-11/h2-7H,8H2,1H3,(H,19,20,21). The summed E-state index contributed by atoms with van der Waals surface area (Å²) in [4.78, 5) is 17.5. The molecule has 0 saturated carbocycles. The van der Waals surface area contributed by atoms with E-state index in [1.165, 1.54) is 23.1 Å². The first kappa shape index (κ1) is 16.6. The second-order valence-electron chi connectivity index (χ2n) is 4.85. The van der Waals surface area contributed by atoms with Gasteiger partial charge in [-0.1, -0.05) is 40.6 Å². The van der Waals surface area contributed by atoms with Crippen LogP contribution in [0.2, 0.25) is 10.0 Å². The summed E-state index contributed by atoms with van der Waals surface area (Å²) in [5.41, 5.74) is 1.87. The third kappa shape index (κ3) is 3.98. The van der Waals surface area contributed by atoms with Crippen LogP contribution in [-0.4, -0.2) is 16.6 Å². The maximum absolute atomic E-state index is 12.1. The normalized spacial score (nSPS) is 10.9. The fourth-order valence-electron chi connectivity index (χ4n) is 1.99. The maximum atomic E-state index is 12.1. The predicted octanol–water partition coefficient (Wildman–Crippen LogP) is 5.64. The van der Waals surface area contributed by atoms with E-state index in [0.29, 0.717) is 20.9 Å². The fourth-order valence-corrected chi connectivity index (χ4v) is 4.05. The first-order valence-electron chi connectivity index (χ1n) is 6.77. The third-order valence-electron chi connectivity index (χ3n) is 3.13. The number of thiazole rings is 1. The number of halogens is 2. The number of hydrogen-bond acceptors (Lipinski definition) is 4. The second kappa shape index (κ2) is 7.09. The van der Waals surface area contributed by atoms with Crippen LogP contribution in [0.3, 0.4) is 0 Å². The monoisotopic (exact) mass is 382 g/mol. The molecule has 0 radical (unpaired) electrons. The minimum absolute atomic E-state index is 0.0993. The van der Waals surface area contributed by atoms with Gasteiger partial charge in [0.2, 0.25) is 5.91 Å². The Morgan fingerprint density at radius 2 is 1.96 bits per heavy atom. The average molecular weight is 383 g/mol. The molecule has 118 valence electrons. The second-order valence-corrected chi connectivity index (χ2v) is 7.74. The van der Waals surface area contributed by atoms with Gasteiger partial charge in [0.1, 0.15) is 0 Å². The van der Waals surface area contributed by atoms with E-state index in [9.17, 15) is 4.79 Å². The Bertz CT molecular complexity index is 823. The summed E-state index contributed by atoms with van der Waals surface area (Å²) in [6.45, 7) is 1.97. The lowest BCUT2D eigenvalue weighted by molar-refractivity contribution is -0.113. The van der Waals surface area contributed by atoms with Gasteiger partial charge in [-0.3, -0.25) is 4.79 Å². The molecule has 7 heteroatoms. The van der Waals surface area contributed by atoms with Crippen LogP contribution in [0.1, 0.15) is 5.56 Å². The lowest BCUT2D eigenvalue weighted by atomic mass is 10.2. The van der Waals surface area contributed by atoms with Crippen molar-refractivity contribution in [2.24, 2.45) is 0 Å². The number of carbonyl (C=O) groups excluding carboxylic acids is 1. The molecule has 0 fully saturated rings. The lowest BCUT2D eigenvalue weighted by Gasteiger charge is -2.02. The van der Waals surface area contributed by atoms with E-state index in [1.807, 2.05) is 31.2 Å². The minimum Gasteiger partial charge on any atom is -0.301 e. The molecule has 2 aromatic carbocycles. The van der Waals surface area contributed by atoms with Crippen molar-refractivity contribution in [2.75, 3.05) is 11.1 Å². The molecule has 0 bridgehead atoms. The number of anilines is 1. The first-order valence-corrected chi connectivity index (χ1v) is 9.32. The molecule has 1 N–H and O–H groups in total. The number of fused-ring (bicyclic) bond motifs is 1. The molecule has 0 aliphatic rings. The number of aryl methyl sites for hydroxylation is 1. The van der Waals surface area contributed by atoms with E-state index in [2.05, 4.69) is 10.3 Å². The minimum atomic E-state index is -0.0993. The molecule has 3 nitrogen and oxygen atoms in total. The Morgan fingerprint density at radius 1 is 1.22 bits per heavy atom. The molecule has 3 aromatic rings. The SMILES string of the molecule is Cc1ccc(Cl)c2sc(NC(=O)CSc3ccc(Cl)cc3)nc12. The van der Waals surface area contributed by atoms with Crippen LogP contribution in [0, 0.1) is 6.92 Å². The van der Waals surface area contributed by atoms with Gasteiger partial charge in [-0.15, -0.1) is 11.8 Å². The summed E-state index contributed by atoms with van der Waals surface area (Å²) in [6, 6.07) is 11.2. The summed E-state index contributed by atoms with van der Waals surface area (Å²) < 4.78 is 0.896. The lowest BCUT2D eigenvalue weighted by Crippen LogP contribution is -2.13. The number of nitrogens with one attached hydrogen (secondary N) is 1. The van der Waals surface area contributed by atoms with Crippen molar-refractivity contribution in [3.05, 3.63) is 52.0 Å². The molecule has 0 aliphatic carbocycles. The number of benzene rings is 2. The Balaban J connectivity index is 1.67. The average Bonchev–Trinajstić information content (AvgIpc) is 2.95. The topological polar surface area (TPSA) is 42.0 Å². The van der Waals surface area contributed by atoms with E-state index in [0.717, 1.165) is 20.7 Å². The summed E-state index contributed by atoms with van der Waals surface area (Å²) >= 11 is 14.9.